The van der Waals surface area contributed by atoms with Crippen LogP contribution in [0.3, 0.4) is 0 Å². The third-order valence-corrected chi connectivity index (χ3v) is 4.63. The van der Waals surface area contributed by atoms with Crippen LogP contribution < -0.4 is 5.32 Å². The minimum absolute atomic E-state index is 0.00200. The van der Waals surface area contributed by atoms with E-state index in [9.17, 15) is 9.59 Å². The van der Waals surface area contributed by atoms with Crippen LogP contribution in [0.25, 0.3) is 0 Å². The van der Waals surface area contributed by atoms with Gasteiger partial charge in [0.2, 0.25) is 5.91 Å². The maximum absolute atomic E-state index is 11.9. The Morgan fingerprint density at radius 3 is 2.95 bits per heavy atom. The second kappa shape index (κ2) is 7.00. The molecule has 21 heavy (non-hydrogen) atoms. The average molecular weight is 311 g/mol. The molecule has 2 rings (SSSR count). The SMILES string of the molecule is CCC(C)NC(=O)Cc1nc2c(s1)CN(CC(=O)O)CC2. The Hall–Kier alpha value is -1.47. The third kappa shape index (κ3) is 4.50. The van der Waals surface area contributed by atoms with E-state index < -0.39 is 5.97 Å². The Bertz CT molecular complexity index is 530. The molecule has 0 saturated heterocycles. The first-order valence-electron chi connectivity index (χ1n) is 7.19. The Labute approximate surface area is 128 Å². The number of carboxylic acid groups (broad SMARTS) is 1. The van der Waals surface area contributed by atoms with Crippen LogP contribution in [-0.2, 0) is 29.0 Å². The summed E-state index contributed by atoms with van der Waals surface area (Å²) >= 11 is 1.52. The summed E-state index contributed by atoms with van der Waals surface area (Å²) < 4.78 is 0. The Kier molecular flexibility index (Phi) is 5.30. The van der Waals surface area contributed by atoms with E-state index in [-0.39, 0.29) is 18.5 Å². The molecule has 0 spiro atoms. The molecule has 1 atom stereocenters. The highest BCUT2D eigenvalue weighted by Gasteiger charge is 2.22. The lowest BCUT2D eigenvalue weighted by molar-refractivity contribution is -0.138. The largest absolute Gasteiger partial charge is 0.480 e. The topological polar surface area (TPSA) is 82.5 Å². The second-order valence-corrected chi connectivity index (χ2v) is 6.55. The summed E-state index contributed by atoms with van der Waals surface area (Å²) in [5, 5.41) is 12.6. The van der Waals surface area contributed by atoms with Gasteiger partial charge in [-0.25, -0.2) is 4.98 Å². The quantitative estimate of drug-likeness (QED) is 0.820. The van der Waals surface area contributed by atoms with Gasteiger partial charge in [0.05, 0.1) is 18.7 Å². The summed E-state index contributed by atoms with van der Waals surface area (Å²) in [6, 6.07) is 0.179. The summed E-state index contributed by atoms with van der Waals surface area (Å²) in [4.78, 5) is 30.1. The van der Waals surface area contributed by atoms with Gasteiger partial charge < -0.3 is 10.4 Å². The summed E-state index contributed by atoms with van der Waals surface area (Å²) in [7, 11) is 0. The summed E-state index contributed by atoms with van der Waals surface area (Å²) in [5.74, 6) is -0.811. The number of hydrogen-bond acceptors (Lipinski definition) is 5. The van der Waals surface area contributed by atoms with Crippen LogP contribution >= 0.6 is 11.3 Å². The van der Waals surface area contributed by atoms with Crippen LogP contribution in [0.1, 0.15) is 35.8 Å². The standard InChI is InChI=1S/C14H21N3O3S/c1-3-9(2)15-12(18)6-13-16-10-4-5-17(8-14(19)20)7-11(10)21-13/h9H,3-8H2,1-2H3,(H,15,18)(H,19,20). The lowest BCUT2D eigenvalue weighted by atomic mass is 10.2. The maximum Gasteiger partial charge on any atom is 0.317 e. The van der Waals surface area contributed by atoms with Crippen molar-refractivity contribution in [2.45, 2.75) is 45.7 Å². The number of thiazole rings is 1. The zero-order valence-electron chi connectivity index (χ0n) is 12.4. The number of hydrogen-bond donors (Lipinski definition) is 2. The van der Waals surface area contributed by atoms with Crippen molar-refractivity contribution in [1.82, 2.24) is 15.2 Å². The number of carboxylic acids is 1. The number of carbonyl (C=O) groups is 2. The van der Waals surface area contributed by atoms with E-state index in [1.54, 1.807) is 0 Å². The van der Waals surface area contributed by atoms with Gasteiger partial charge in [-0.05, 0) is 13.3 Å². The van der Waals surface area contributed by atoms with Gasteiger partial charge in [0, 0.05) is 30.4 Å². The highest BCUT2D eigenvalue weighted by molar-refractivity contribution is 7.11. The van der Waals surface area contributed by atoms with Crippen molar-refractivity contribution >= 4 is 23.2 Å². The van der Waals surface area contributed by atoms with E-state index in [1.807, 2.05) is 18.7 Å². The van der Waals surface area contributed by atoms with E-state index in [0.29, 0.717) is 19.5 Å². The summed E-state index contributed by atoms with van der Waals surface area (Å²) in [6.07, 6.45) is 1.97. The number of nitrogens with zero attached hydrogens (tertiary/aromatic N) is 2. The Morgan fingerprint density at radius 1 is 1.52 bits per heavy atom. The molecule has 6 nitrogen and oxygen atoms in total. The van der Waals surface area contributed by atoms with E-state index >= 15 is 0 Å². The van der Waals surface area contributed by atoms with Crippen LogP contribution in [-0.4, -0.2) is 46.0 Å². The van der Waals surface area contributed by atoms with Gasteiger partial charge in [0.1, 0.15) is 5.01 Å². The molecule has 1 unspecified atom stereocenters. The summed E-state index contributed by atoms with van der Waals surface area (Å²) in [6.45, 7) is 5.40. The molecule has 0 radical (unpaired) electrons. The van der Waals surface area contributed by atoms with Gasteiger partial charge in [0.25, 0.3) is 0 Å². The number of fused-ring (bicyclic) bond motifs is 1. The first kappa shape index (κ1) is 15.9. The van der Waals surface area contributed by atoms with Gasteiger partial charge in [-0.15, -0.1) is 11.3 Å². The van der Waals surface area contributed by atoms with Gasteiger partial charge in [-0.3, -0.25) is 14.5 Å². The predicted octanol–water partition coefficient (Wildman–Crippen LogP) is 1.04. The lowest BCUT2D eigenvalue weighted by Gasteiger charge is -2.23. The zero-order valence-corrected chi connectivity index (χ0v) is 13.2. The molecule has 0 saturated carbocycles. The van der Waals surface area contributed by atoms with Crippen molar-refractivity contribution in [3.8, 4) is 0 Å². The molecule has 0 aromatic carbocycles. The second-order valence-electron chi connectivity index (χ2n) is 5.39. The molecular formula is C14H21N3O3S. The fourth-order valence-corrected chi connectivity index (χ4v) is 3.43. The molecule has 1 aromatic heterocycles. The van der Waals surface area contributed by atoms with E-state index in [1.165, 1.54) is 11.3 Å². The minimum atomic E-state index is -0.809. The molecule has 1 aromatic rings. The van der Waals surface area contributed by atoms with Crippen LogP contribution in [0.2, 0.25) is 0 Å². The van der Waals surface area contributed by atoms with E-state index in [4.69, 9.17) is 5.11 Å². The van der Waals surface area contributed by atoms with Crippen molar-refractivity contribution < 1.29 is 14.7 Å². The predicted molar refractivity (Wildman–Crippen MR) is 80.3 cm³/mol. The number of aliphatic carboxylic acids is 1. The number of amides is 1. The molecule has 1 aliphatic rings. The molecular weight excluding hydrogens is 290 g/mol. The van der Waals surface area contributed by atoms with Crippen molar-refractivity contribution in [2.24, 2.45) is 0 Å². The van der Waals surface area contributed by atoms with Crippen molar-refractivity contribution in [3.63, 3.8) is 0 Å². The Morgan fingerprint density at radius 2 is 2.29 bits per heavy atom. The van der Waals surface area contributed by atoms with Gasteiger partial charge in [-0.1, -0.05) is 6.92 Å². The smallest absolute Gasteiger partial charge is 0.317 e. The molecule has 0 fully saturated rings. The Balaban J connectivity index is 1.95. The lowest BCUT2D eigenvalue weighted by Crippen LogP contribution is -2.34. The molecule has 7 heteroatoms. The van der Waals surface area contributed by atoms with Crippen molar-refractivity contribution in [1.29, 1.82) is 0 Å². The third-order valence-electron chi connectivity index (χ3n) is 3.54. The monoisotopic (exact) mass is 311 g/mol. The van der Waals surface area contributed by atoms with E-state index in [0.717, 1.165) is 28.4 Å². The fourth-order valence-electron chi connectivity index (χ4n) is 2.27. The summed E-state index contributed by atoms with van der Waals surface area (Å²) in [5.41, 5.74) is 1.02. The van der Waals surface area contributed by atoms with Crippen molar-refractivity contribution in [2.75, 3.05) is 13.1 Å². The van der Waals surface area contributed by atoms with E-state index in [2.05, 4.69) is 10.3 Å². The van der Waals surface area contributed by atoms with Gasteiger partial charge in [-0.2, -0.15) is 0 Å². The molecule has 1 amide bonds. The van der Waals surface area contributed by atoms with Gasteiger partial charge in [0.15, 0.2) is 0 Å². The van der Waals surface area contributed by atoms with Crippen LogP contribution in [0, 0.1) is 0 Å². The highest BCUT2D eigenvalue weighted by atomic mass is 32.1. The molecule has 2 N–H and O–H groups in total. The first-order valence-corrected chi connectivity index (χ1v) is 8.00. The minimum Gasteiger partial charge on any atom is -0.480 e. The maximum atomic E-state index is 11.9. The van der Waals surface area contributed by atoms with Crippen LogP contribution in [0.15, 0.2) is 0 Å². The molecule has 0 bridgehead atoms. The highest BCUT2D eigenvalue weighted by Crippen LogP contribution is 2.25. The number of carbonyl (C=O) groups excluding carboxylic acids is 1. The molecule has 116 valence electrons. The molecule has 0 aliphatic carbocycles. The molecule has 1 aliphatic heterocycles. The molecule has 2 heterocycles. The average Bonchev–Trinajstić information content (AvgIpc) is 2.78. The normalized spacial score (nSPS) is 16.3. The van der Waals surface area contributed by atoms with Crippen LogP contribution in [0.4, 0.5) is 0 Å². The first-order chi connectivity index (χ1) is 9.97. The number of rotatable bonds is 6. The van der Waals surface area contributed by atoms with Crippen LogP contribution in [0.5, 0.6) is 0 Å². The number of nitrogens with one attached hydrogen (secondary N) is 1. The van der Waals surface area contributed by atoms with Gasteiger partial charge >= 0.3 is 5.97 Å². The zero-order chi connectivity index (χ0) is 15.4. The number of aromatic nitrogens is 1. The van der Waals surface area contributed by atoms with Crippen molar-refractivity contribution in [3.05, 3.63) is 15.6 Å². The fraction of sp³-hybridized carbons (Fsp3) is 0.643.